The molecule has 1 aliphatic heterocycles. The van der Waals surface area contributed by atoms with Crippen LogP contribution in [0.3, 0.4) is 0 Å². The highest BCUT2D eigenvalue weighted by molar-refractivity contribution is 9.10. The van der Waals surface area contributed by atoms with Crippen molar-refractivity contribution >= 4 is 15.9 Å². The predicted octanol–water partition coefficient (Wildman–Crippen LogP) is 1.57. The molecular weight excluding hydrogens is 238 g/mol. The van der Waals surface area contributed by atoms with E-state index in [1.54, 1.807) is 0 Å². The number of benzene rings is 1. The van der Waals surface area contributed by atoms with E-state index in [9.17, 15) is 0 Å². The van der Waals surface area contributed by atoms with Crippen LogP contribution in [0.5, 0.6) is 11.5 Å². The smallest absolute Gasteiger partial charge is 0.231 e. The molecule has 0 atom stereocenters. The molecule has 5 heteroatoms. The van der Waals surface area contributed by atoms with E-state index < -0.39 is 0 Å². The van der Waals surface area contributed by atoms with Crippen LogP contribution in [0.2, 0.25) is 0 Å². The van der Waals surface area contributed by atoms with E-state index in [1.807, 2.05) is 12.1 Å². The van der Waals surface area contributed by atoms with E-state index in [0.29, 0.717) is 12.4 Å². The van der Waals surface area contributed by atoms with Gasteiger partial charge in [-0.05, 0) is 12.1 Å². The largest absolute Gasteiger partial charge is 0.454 e. The molecule has 0 unspecified atom stereocenters. The molecular formula is C8H8BrNO3. The first-order valence-electron chi connectivity index (χ1n) is 3.71. The molecule has 70 valence electrons. The Labute approximate surface area is 83.7 Å². The van der Waals surface area contributed by atoms with Gasteiger partial charge in [0.15, 0.2) is 11.5 Å². The van der Waals surface area contributed by atoms with Crippen LogP contribution in [-0.4, -0.2) is 6.79 Å². The van der Waals surface area contributed by atoms with Crippen LogP contribution in [0.25, 0.3) is 0 Å². The Morgan fingerprint density at radius 1 is 1.46 bits per heavy atom. The highest BCUT2D eigenvalue weighted by atomic mass is 79.9. The summed E-state index contributed by atoms with van der Waals surface area (Å²) in [6.45, 7) is 0.552. The minimum absolute atomic E-state index is 0.253. The van der Waals surface area contributed by atoms with Crippen molar-refractivity contribution in [2.24, 2.45) is 5.90 Å². The van der Waals surface area contributed by atoms with Crippen LogP contribution in [0, 0.1) is 0 Å². The molecule has 0 saturated carbocycles. The second kappa shape index (κ2) is 3.53. The molecule has 0 bridgehead atoms. The van der Waals surface area contributed by atoms with Crippen molar-refractivity contribution in [3.8, 4) is 11.5 Å². The van der Waals surface area contributed by atoms with Crippen molar-refractivity contribution in [1.29, 1.82) is 0 Å². The highest BCUT2D eigenvalue weighted by Crippen LogP contribution is 2.39. The Hall–Kier alpha value is -0.780. The molecule has 0 radical (unpaired) electrons. The summed E-state index contributed by atoms with van der Waals surface area (Å²) in [6, 6.07) is 3.72. The summed E-state index contributed by atoms with van der Waals surface area (Å²) in [5.41, 5.74) is 0.873. The molecule has 0 amide bonds. The fourth-order valence-corrected chi connectivity index (χ4v) is 1.65. The fourth-order valence-electron chi connectivity index (χ4n) is 1.22. The number of halogens is 1. The molecule has 0 aromatic heterocycles. The third-order valence-electron chi connectivity index (χ3n) is 1.81. The monoisotopic (exact) mass is 245 g/mol. The Bertz CT molecular complexity index is 329. The molecule has 1 aromatic carbocycles. The molecule has 0 spiro atoms. The zero-order valence-corrected chi connectivity index (χ0v) is 8.33. The van der Waals surface area contributed by atoms with E-state index in [4.69, 9.17) is 15.4 Å². The number of hydrogen-bond acceptors (Lipinski definition) is 4. The van der Waals surface area contributed by atoms with Gasteiger partial charge in [0, 0.05) is 10.0 Å². The van der Waals surface area contributed by atoms with Gasteiger partial charge in [-0.2, -0.15) is 0 Å². The van der Waals surface area contributed by atoms with E-state index in [-0.39, 0.29) is 6.79 Å². The standard InChI is InChI=1S/C8H8BrNO3/c9-6-1-2-7-8(12-4-11-7)5(6)3-13-10/h1-2H,3-4,10H2. The first-order chi connectivity index (χ1) is 6.33. The quantitative estimate of drug-likeness (QED) is 0.804. The molecule has 1 aliphatic rings. The molecule has 1 aromatic rings. The summed E-state index contributed by atoms with van der Waals surface area (Å²) in [5.74, 6) is 6.45. The first-order valence-corrected chi connectivity index (χ1v) is 4.51. The van der Waals surface area contributed by atoms with E-state index >= 15 is 0 Å². The molecule has 0 aliphatic carbocycles. The molecule has 1 heterocycles. The maximum Gasteiger partial charge on any atom is 0.231 e. The van der Waals surface area contributed by atoms with Crippen molar-refractivity contribution in [1.82, 2.24) is 0 Å². The van der Waals surface area contributed by atoms with Crippen LogP contribution < -0.4 is 15.4 Å². The zero-order chi connectivity index (χ0) is 9.26. The van der Waals surface area contributed by atoms with Gasteiger partial charge < -0.3 is 9.47 Å². The minimum Gasteiger partial charge on any atom is -0.454 e. The Morgan fingerprint density at radius 3 is 3.08 bits per heavy atom. The molecule has 2 N–H and O–H groups in total. The number of nitrogens with two attached hydrogens (primary N) is 1. The van der Waals surface area contributed by atoms with Gasteiger partial charge in [-0.25, -0.2) is 5.90 Å². The van der Waals surface area contributed by atoms with E-state index in [1.165, 1.54) is 0 Å². The SMILES string of the molecule is NOCc1c(Br)ccc2c1OCO2. The molecule has 13 heavy (non-hydrogen) atoms. The maximum absolute atomic E-state index is 5.28. The summed E-state index contributed by atoms with van der Waals surface area (Å²) in [6.07, 6.45) is 0. The average Bonchev–Trinajstić information content (AvgIpc) is 2.58. The third kappa shape index (κ3) is 1.50. The third-order valence-corrected chi connectivity index (χ3v) is 2.56. The number of rotatable bonds is 2. The van der Waals surface area contributed by atoms with Gasteiger partial charge in [0.05, 0.1) is 6.61 Å². The highest BCUT2D eigenvalue weighted by Gasteiger charge is 2.19. The van der Waals surface area contributed by atoms with E-state index in [0.717, 1.165) is 15.8 Å². The van der Waals surface area contributed by atoms with Crippen LogP contribution in [0.15, 0.2) is 16.6 Å². The summed E-state index contributed by atoms with van der Waals surface area (Å²) in [4.78, 5) is 4.57. The van der Waals surface area contributed by atoms with Crippen LogP contribution >= 0.6 is 15.9 Å². The van der Waals surface area contributed by atoms with Gasteiger partial charge in [0.25, 0.3) is 0 Å². The lowest BCUT2D eigenvalue weighted by Crippen LogP contribution is -2.01. The lowest BCUT2D eigenvalue weighted by atomic mass is 10.2. The Morgan fingerprint density at radius 2 is 2.31 bits per heavy atom. The summed E-state index contributed by atoms with van der Waals surface area (Å²) in [7, 11) is 0. The fraction of sp³-hybridized carbons (Fsp3) is 0.250. The van der Waals surface area contributed by atoms with Crippen LogP contribution in [-0.2, 0) is 11.4 Å². The normalized spacial score (nSPS) is 13.4. The Kier molecular flexibility index (Phi) is 2.39. The average molecular weight is 246 g/mol. The number of ether oxygens (including phenoxy) is 2. The molecule has 0 fully saturated rings. The Balaban J connectivity index is 2.45. The lowest BCUT2D eigenvalue weighted by Gasteiger charge is -2.06. The summed E-state index contributed by atoms with van der Waals surface area (Å²) < 4.78 is 11.4. The lowest BCUT2D eigenvalue weighted by molar-refractivity contribution is 0.119. The van der Waals surface area contributed by atoms with Gasteiger partial charge in [0.1, 0.15) is 0 Å². The van der Waals surface area contributed by atoms with Crippen molar-refractivity contribution < 1.29 is 14.3 Å². The molecule has 4 nitrogen and oxygen atoms in total. The zero-order valence-electron chi connectivity index (χ0n) is 6.75. The van der Waals surface area contributed by atoms with Crippen molar-refractivity contribution in [2.75, 3.05) is 6.79 Å². The second-order valence-corrected chi connectivity index (χ2v) is 3.43. The number of hydrogen-bond donors (Lipinski definition) is 1. The second-order valence-electron chi connectivity index (χ2n) is 2.57. The van der Waals surface area contributed by atoms with Crippen LogP contribution in [0.4, 0.5) is 0 Å². The van der Waals surface area contributed by atoms with Crippen molar-refractivity contribution in [2.45, 2.75) is 6.61 Å². The van der Waals surface area contributed by atoms with Gasteiger partial charge in [-0.3, -0.25) is 4.84 Å². The van der Waals surface area contributed by atoms with Crippen molar-refractivity contribution in [3.05, 3.63) is 22.2 Å². The molecule has 2 rings (SSSR count). The van der Waals surface area contributed by atoms with Gasteiger partial charge in [-0.1, -0.05) is 15.9 Å². The summed E-state index contributed by atoms with van der Waals surface area (Å²) >= 11 is 3.38. The minimum atomic E-state index is 0.253. The predicted molar refractivity (Wildman–Crippen MR) is 49.2 cm³/mol. The van der Waals surface area contributed by atoms with E-state index in [2.05, 4.69) is 20.8 Å². The summed E-state index contributed by atoms with van der Waals surface area (Å²) in [5, 5.41) is 0. The van der Waals surface area contributed by atoms with Gasteiger partial charge in [0.2, 0.25) is 6.79 Å². The van der Waals surface area contributed by atoms with Crippen LogP contribution in [0.1, 0.15) is 5.56 Å². The maximum atomic E-state index is 5.28. The first kappa shape index (κ1) is 8.80. The van der Waals surface area contributed by atoms with Gasteiger partial charge in [-0.15, -0.1) is 0 Å². The topological polar surface area (TPSA) is 53.7 Å². The molecule has 0 saturated heterocycles. The van der Waals surface area contributed by atoms with Gasteiger partial charge >= 0.3 is 0 Å². The number of fused-ring (bicyclic) bond motifs is 1. The van der Waals surface area contributed by atoms with Crippen molar-refractivity contribution in [3.63, 3.8) is 0 Å².